The third-order valence-corrected chi connectivity index (χ3v) is 2.59. The molecule has 1 aromatic carbocycles. The van der Waals surface area contributed by atoms with Crippen molar-refractivity contribution >= 4 is 12.2 Å². The zero-order chi connectivity index (χ0) is 11.0. The number of aryl methyl sites for hydroxylation is 2. The first-order chi connectivity index (χ1) is 7.08. The molecule has 0 amide bonds. The van der Waals surface area contributed by atoms with Crippen LogP contribution in [0.25, 0.3) is 11.4 Å². The van der Waals surface area contributed by atoms with E-state index >= 15 is 0 Å². The number of nitrogens with one attached hydrogen (secondary N) is 1. The zero-order valence-corrected chi connectivity index (χ0v) is 9.23. The van der Waals surface area contributed by atoms with Gasteiger partial charge in [0.1, 0.15) is 5.82 Å². The lowest BCUT2D eigenvalue weighted by Gasteiger charge is -2.01. The lowest BCUT2D eigenvalue weighted by atomic mass is 10.1. The molecule has 0 aliphatic heterocycles. The van der Waals surface area contributed by atoms with E-state index in [0.29, 0.717) is 10.6 Å². The summed E-state index contributed by atoms with van der Waals surface area (Å²) in [6, 6.07) is 4.59. The van der Waals surface area contributed by atoms with Gasteiger partial charge in [0.05, 0.1) is 0 Å². The second-order valence-corrected chi connectivity index (χ2v) is 3.74. The van der Waals surface area contributed by atoms with Gasteiger partial charge in [-0.25, -0.2) is 4.39 Å². The standard InChI is InChI=1S/C10H10FN3S/c1-6-3-4-7(11)5-8(6)9-12-10(15)14(2)13-9/h3-5H,1-2H3,(H,12,13,15). The highest BCUT2D eigenvalue weighted by molar-refractivity contribution is 7.71. The fourth-order valence-electron chi connectivity index (χ4n) is 1.37. The van der Waals surface area contributed by atoms with Crippen LogP contribution in [0.4, 0.5) is 4.39 Å². The van der Waals surface area contributed by atoms with Crippen LogP contribution in [-0.2, 0) is 7.05 Å². The van der Waals surface area contributed by atoms with Crippen LogP contribution in [0.1, 0.15) is 5.56 Å². The van der Waals surface area contributed by atoms with Crippen molar-refractivity contribution in [3.05, 3.63) is 34.4 Å². The maximum atomic E-state index is 13.1. The molecule has 0 unspecified atom stereocenters. The number of hydrogen-bond acceptors (Lipinski definition) is 2. The van der Waals surface area contributed by atoms with Crippen molar-refractivity contribution in [3.63, 3.8) is 0 Å². The lowest BCUT2D eigenvalue weighted by Crippen LogP contribution is -1.91. The Morgan fingerprint density at radius 2 is 2.20 bits per heavy atom. The molecule has 2 aromatic rings. The maximum Gasteiger partial charge on any atom is 0.216 e. The van der Waals surface area contributed by atoms with Crippen molar-refractivity contribution in [1.82, 2.24) is 14.8 Å². The Morgan fingerprint density at radius 1 is 1.47 bits per heavy atom. The topological polar surface area (TPSA) is 33.6 Å². The van der Waals surface area contributed by atoms with Gasteiger partial charge in [0.15, 0.2) is 5.82 Å². The summed E-state index contributed by atoms with van der Waals surface area (Å²) in [5.74, 6) is 0.320. The molecule has 78 valence electrons. The normalized spacial score (nSPS) is 10.6. The highest BCUT2D eigenvalue weighted by atomic mass is 32.1. The number of hydrogen-bond donors (Lipinski definition) is 1. The van der Waals surface area contributed by atoms with Crippen molar-refractivity contribution in [2.45, 2.75) is 6.92 Å². The molecule has 0 fully saturated rings. The van der Waals surface area contributed by atoms with Crippen LogP contribution in [0, 0.1) is 17.5 Å². The summed E-state index contributed by atoms with van der Waals surface area (Å²) in [5.41, 5.74) is 1.70. The largest absolute Gasteiger partial charge is 0.279 e. The Morgan fingerprint density at radius 3 is 2.80 bits per heavy atom. The SMILES string of the molecule is Cc1ccc(F)cc1-c1nc(=S)n(C)[nH]1. The van der Waals surface area contributed by atoms with Gasteiger partial charge in [-0.3, -0.25) is 9.78 Å². The van der Waals surface area contributed by atoms with Gasteiger partial charge in [0, 0.05) is 12.6 Å². The summed E-state index contributed by atoms with van der Waals surface area (Å²) in [7, 11) is 1.77. The van der Waals surface area contributed by atoms with Gasteiger partial charge < -0.3 is 0 Å². The van der Waals surface area contributed by atoms with Crippen LogP contribution in [0.3, 0.4) is 0 Å². The molecule has 0 radical (unpaired) electrons. The lowest BCUT2D eigenvalue weighted by molar-refractivity contribution is 0.627. The number of aromatic amines is 1. The molecule has 0 aliphatic carbocycles. The summed E-state index contributed by atoms with van der Waals surface area (Å²) in [6.45, 7) is 1.90. The summed E-state index contributed by atoms with van der Waals surface area (Å²) in [5, 5.41) is 2.96. The van der Waals surface area contributed by atoms with Crippen LogP contribution >= 0.6 is 12.2 Å². The molecular formula is C10H10FN3S. The Kier molecular flexibility index (Phi) is 2.40. The van der Waals surface area contributed by atoms with Crippen molar-refractivity contribution in [3.8, 4) is 11.4 Å². The Balaban J connectivity index is 2.63. The highest BCUT2D eigenvalue weighted by Gasteiger charge is 2.07. The Labute approximate surface area is 91.6 Å². The number of rotatable bonds is 1. The molecule has 1 N–H and O–H groups in total. The predicted octanol–water partition coefficient (Wildman–Crippen LogP) is 2.59. The van der Waals surface area contributed by atoms with E-state index in [2.05, 4.69) is 10.1 Å². The van der Waals surface area contributed by atoms with Crippen LogP contribution in [0.5, 0.6) is 0 Å². The predicted molar refractivity (Wildman–Crippen MR) is 58.5 cm³/mol. The number of halogens is 1. The minimum Gasteiger partial charge on any atom is -0.279 e. The first kappa shape index (κ1) is 10.0. The van der Waals surface area contributed by atoms with E-state index in [-0.39, 0.29) is 5.82 Å². The van der Waals surface area contributed by atoms with Crippen LogP contribution in [-0.4, -0.2) is 14.8 Å². The number of benzene rings is 1. The molecule has 2 rings (SSSR count). The average Bonchev–Trinajstić information content (AvgIpc) is 2.51. The van der Waals surface area contributed by atoms with Gasteiger partial charge in [0.2, 0.25) is 4.77 Å². The van der Waals surface area contributed by atoms with E-state index in [1.54, 1.807) is 17.8 Å². The van der Waals surface area contributed by atoms with Crippen LogP contribution in [0.15, 0.2) is 18.2 Å². The van der Waals surface area contributed by atoms with E-state index < -0.39 is 0 Å². The molecule has 1 heterocycles. The second kappa shape index (κ2) is 3.58. The monoisotopic (exact) mass is 223 g/mol. The number of nitrogens with zero attached hydrogens (tertiary/aromatic N) is 2. The zero-order valence-electron chi connectivity index (χ0n) is 8.41. The minimum atomic E-state index is -0.277. The first-order valence-electron chi connectivity index (χ1n) is 4.47. The quantitative estimate of drug-likeness (QED) is 0.754. The summed E-state index contributed by atoms with van der Waals surface area (Å²) in [4.78, 5) is 4.14. The third kappa shape index (κ3) is 1.83. The second-order valence-electron chi connectivity index (χ2n) is 3.37. The molecule has 0 spiro atoms. The highest BCUT2D eigenvalue weighted by Crippen LogP contribution is 2.20. The molecule has 1 aromatic heterocycles. The molecule has 0 saturated heterocycles. The minimum absolute atomic E-state index is 0.277. The van der Waals surface area contributed by atoms with Crippen molar-refractivity contribution in [2.24, 2.45) is 7.05 Å². The molecule has 15 heavy (non-hydrogen) atoms. The fraction of sp³-hybridized carbons (Fsp3) is 0.200. The van der Waals surface area contributed by atoms with E-state index in [0.717, 1.165) is 11.1 Å². The molecule has 5 heteroatoms. The van der Waals surface area contributed by atoms with Crippen LogP contribution < -0.4 is 0 Å². The molecule has 0 atom stereocenters. The molecule has 0 saturated carbocycles. The third-order valence-electron chi connectivity index (χ3n) is 2.22. The summed E-state index contributed by atoms with van der Waals surface area (Å²) in [6.07, 6.45) is 0. The Bertz CT molecular complexity index is 556. The van der Waals surface area contributed by atoms with E-state index in [1.807, 2.05) is 6.92 Å². The van der Waals surface area contributed by atoms with Gasteiger partial charge in [-0.2, -0.15) is 4.98 Å². The van der Waals surface area contributed by atoms with Crippen LogP contribution in [0.2, 0.25) is 0 Å². The van der Waals surface area contributed by atoms with Crippen molar-refractivity contribution in [1.29, 1.82) is 0 Å². The van der Waals surface area contributed by atoms with Crippen molar-refractivity contribution in [2.75, 3.05) is 0 Å². The average molecular weight is 223 g/mol. The summed E-state index contributed by atoms with van der Waals surface area (Å²) >= 11 is 4.98. The van der Waals surface area contributed by atoms with Gasteiger partial charge >= 0.3 is 0 Å². The van der Waals surface area contributed by atoms with E-state index in [1.165, 1.54) is 12.1 Å². The van der Waals surface area contributed by atoms with Gasteiger partial charge in [-0.1, -0.05) is 6.07 Å². The smallest absolute Gasteiger partial charge is 0.216 e. The van der Waals surface area contributed by atoms with Gasteiger partial charge in [-0.15, -0.1) is 0 Å². The Hall–Kier alpha value is -1.49. The molecule has 0 aliphatic rings. The molecule has 3 nitrogen and oxygen atoms in total. The molecular weight excluding hydrogens is 213 g/mol. The number of aromatic nitrogens is 3. The molecule has 0 bridgehead atoms. The maximum absolute atomic E-state index is 13.1. The summed E-state index contributed by atoms with van der Waals surface area (Å²) < 4.78 is 15.1. The van der Waals surface area contributed by atoms with Gasteiger partial charge in [-0.05, 0) is 36.8 Å². The van der Waals surface area contributed by atoms with E-state index in [4.69, 9.17) is 12.2 Å². The van der Waals surface area contributed by atoms with Gasteiger partial charge in [0.25, 0.3) is 0 Å². The van der Waals surface area contributed by atoms with Crippen molar-refractivity contribution < 1.29 is 4.39 Å². The van der Waals surface area contributed by atoms with E-state index in [9.17, 15) is 4.39 Å². The first-order valence-corrected chi connectivity index (χ1v) is 4.88. The fourth-order valence-corrected chi connectivity index (χ4v) is 1.51. The number of H-pyrrole nitrogens is 1.